The minimum atomic E-state index is 0.244. The molecule has 0 amide bonds. The SMILES string of the molecule is COc1cc(Cl)ccc1-c1noc(N)c1-c1ccncc1. The van der Waals surface area contributed by atoms with Crippen molar-refractivity contribution >= 4 is 17.5 Å². The normalized spacial score (nSPS) is 10.6. The first-order chi connectivity index (χ1) is 10.2. The van der Waals surface area contributed by atoms with E-state index in [4.69, 9.17) is 26.6 Å². The molecule has 3 aromatic rings. The lowest BCUT2D eigenvalue weighted by Crippen LogP contribution is -1.91. The van der Waals surface area contributed by atoms with E-state index >= 15 is 0 Å². The number of pyridine rings is 1. The standard InChI is InChI=1S/C15H12ClN3O2/c1-20-12-8-10(16)2-3-11(12)14-13(15(17)21-19-14)9-4-6-18-7-5-9/h2-8H,17H2,1H3. The maximum Gasteiger partial charge on any atom is 0.230 e. The van der Waals surface area contributed by atoms with E-state index in [-0.39, 0.29) is 5.88 Å². The van der Waals surface area contributed by atoms with Crippen LogP contribution in [0.5, 0.6) is 5.75 Å². The van der Waals surface area contributed by atoms with E-state index in [1.54, 1.807) is 31.6 Å². The van der Waals surface area contributed by atoms with Gasteiger partial charge in [0.1, 0.15) is 11.4 Å². The first kappa shape index (κ1) is 13.5. The number of anilines is 1. The molecule has 2 heterocycles. The van der Waals surface area contributed by atoms with E-state index in [2.05, 4.69) is 10.1 Å². The van der Waals surface area contributed by atoms with E-state index in [9.17, 15) is 0 Å². The zero-order chi connectivity index (χ0) is 14.8. The second-order valence-corrected chi connectivity index (χ2v) is 4.79. The zero-order valence-electron chi connectivity index (χ0n) is 11.2. The summed E-state index contributed by atoms with van der Waals surface area (Å²) in [7, 11) is 1.57. The summed E-state index contributed by atoms with van der Waals surface area (Å²) in [5.41, 5.74) is 8.86. The van der Waals surface area contributed by atoms with Crippen molar-refractivity contribution in [1.82, 2.24) is 10.1 Å². The molecule has 5 nitrogen and oxygen atoms in total. The van der Waals surface area contributed by atoms with Crippen LogP contribution in [0.25, 0.3) is 22.4 Å². The molecule has 0 atom stereocenters. The van der Waals surface area contributed by atoms with Crippen molar-refractivity contribution in [3.63, 3.8) is 0 Å². The third-order valence-corrected chi connectivity index (χ3v) is 3.34. The summed E-state index contributed by atoms with van der Waals surface area (Å²) in [5.74, 6) is 0.847. The number of hydrogen-bond donors (Lipinski definition) is 1. The third kappa shape index (κ3) is 2.43. The van der Waals surface area contributed by atoms with Crippen molar-refractivity contribution < 1.29 is 9.26 Å². The molecule has 0 fully saturated rings. The minimum absolute atomic E-state index is 0.244. The van der Waals surface area contributed by atoms with Gasteiger partial charge in [-0.25, -0.2) is 0 Å². The Kier molecular flexibility index (Phi) is 3.50. The summed E-state index contributed by atoms with van der Waals surface area (Å²) >= 11 is 5.99. The van der Waals surface area contributed by atoms with Crippen molar-refractivity contribution in [1.29, 1.82) is 0 Å². The number of hydrogen-bond acceptors (Lipinski definition) is 5. The van der Waals surface area contributed by atoms with Crippen molar-refractivity contribution in [3.8, 4) is 28.1 Å². The number of aromatic nitrogens is 2. The van der Waals surface area contributed by atoms with E-state index in [0.29, 0.717) is 22.0 Å². The van der Waals surface area contributed by atoms with Gasteiger partial charge in [-0.15, -0.1) is 0 Å². The lowest BCUT2D eigenvalue weighted by atomic mass is 10.0. The van der Waals surface area contributed by atoms with Gasteiger partial charge in [-0.1, -0.05) is 16.8 Å². The molecule has 2 N–H and O–H groups in total. The Morgan fingerprint density at radius 3 is 2.67 bits per heavy atom. The zero-order valence-corrected chi connectivity index (χ0v) is 12.0. The van der Waals surface area contributed by atoms with Gasteiger partial charge in [0.05, 0.1) is 12.7 Å². The van der Waals surface area contributed by atoms with E-state index in [1.807, 2.05) is 18.2 Å². The molecule has 21 heavy (non-hydrogen) atoms. The minimum Gasteiger partial charge on any atom is -0.496 e. The molecule has 0 radical (unpaired) electrons. The van der Waals surface area contributed by atoms with Crippen LogP contribution in [0.3, 0.4) is 0 Å². The molecule has 0 unspecified atom stereocenters. The van der Waals surface area contributed by atoms with Crippen LogP contribution in [-0.4, -0.2) is 17.3 Å². The number of nitrogen functional groups attached to an aromatic ring is 1. The third-order valence-electron chi connectivity index (χ3n) is 3.11. The van der Waals surface area contributed by atoms with Gasteiger partial charge in [-0.05, 0) is 35.9 Å². The molecule has 0 saturated carbocycles. The van der Waals surface area contributed by atoms with Crippen LogP contribution in [0.4, 0.5) is 5.88 Å². The maximum absolute atomic E-state index is 5.99. The number of rotatable bonds is 3. The predicted octanol–water partition coefficient (Wildman–Crippen LogP) is 3.65. The Morgan fingerprint density at radius 1 is 1.19 bits per heavy atom. The Hall–Kier alpha value is -2.53. The van der Waals surface area contributed by atoms with E-state index in [1.165, 1.54) is 0 Å². The van der Waals surface area contributed by atoms with E-state index < -0.39 is 0 Å². The number of nitrogens with two attached hydrogens (primary N) is 1. The number of benzene rings is 1. The molecule has 0 aliphatic heterocycles. The fourth-order valence-electron chi connectivity index (χ4n) is 2.14. The molecule has 1 aromatic carbocycles. The molecule has 0 saturated heterocycles. The van der Waals surface area contributed by atoms with Crippen LogP contribution < -0.4 is 10.5 Å². The van der Waals surface area contributed by atoms with Crippen molar-refractivity contribution in [2.75, 3.05) is 12.8 Å². The van der Waals surface area contributed by atoms with Crippen molar-refractivity contribution in [3.05, 3.63) is 47.7 Å². The number of nitrogens with zero attached hydrogens (tertiary/aromatic N) is 2. The Morgan fingerprint density at radius 2 is 1.95 bits per heavy atom. The van der Waals surface area contributed by atoms with Crippen LogP contribution in [0, 0.1) is 0 Å². The smallest absolute Gasteiger partial charge is 0.230 e. The lowest BCUT2D eigenvalue weighted by molar-refractivity contribution is 0.414. The molecule has 0 spiro atoms. The van der Waals surface area contributed by atoms with Gasteiger partial charge in [0.25, 0.3) is 0 Å². The number of ether oxygens (including phenoxy) is 1. The Balaban J connectivity index is 2.21. The van der Waals surface area contributed by atoms with Gasteiger partial charge < -0.3 is 15.0 Å². The highest BCUT2D eigenvalue weighted by molar-refractivity contribution is 6.30. The van der Waals surface area contributed by atoms with Gasteiger partial charge in [-0.3, -0.25) is 4.98 Å². The summed E-state index contributed by atoms with van der Waals surface area (Å²) in [4.78, 5) is 4.00. The summed E-state index contributed by atoms with van der Waals surface area (Å²) in [6.45, 7) is 0. The summed E-state index contributed by atoms with van der Waals surface area (Å²) in [5, 5.41) is 4.64. The van der Waals surface area contributed by atoms with Gasteiger partial charge >= 0.3 is 0 Å². The summed E-state index contributed by atoms with van der Waals surface area (Å²) in [6.07, 6.45) is 3.37. The fraction of sp³-hybridized carbons (Fsp3) is 0.0667. The molecule has 0 aliphatic carbocycles. The average molecular weight is 302 g/mol. The molecule has 106 valence electrons. The van der Waals surface area contributed by atoms with Crippen LogP contribution >= 0.6 is 11.6 Å². The Bertz CT molecular complexity index is 772. The molecular formula is C15H12ClN3O2. The maximum atomic E-state index is 5.99. The van der Waals surface area contributed by atoms with E-state index in [0.717, 1.165) is 11.1 Å². The predicted molar refractivity (Wildman–Crippen MR) is 81.1 cm³/mol. The molecule has 2 aromatic heterocycles. The topological polar surface area (TPSA) is 74.2 Å². The van der Waals surface area contributed by atoms with Crippen LogP contribution in [-0.2, 0) is 0 Å². The van der Waals surface area contributed by atoms with Crippen LogP contribution in [0.1, 0.15) is 0 Å². The van der Waals surface area contributed by atoms with Gasteiger partial charge in [-0.2, -0.15) is 0 Å². The summed E-state index contributed by atoms with van der Waals surface area (Å²) < 4.78 is 10.5. The largest absolute Gasteiger partial charge is 0.496 e. The quantitative estimate of drug-likeness (QED) is 0.799. The number of halogens is 1. The Labute approximate surface area is 126 Å². The lowest BCUT2D eigenvalue weighted by Gasteiger charge is -2.08. The second-order valence-electron chi connectivity index (χ2n) is 4.35. The van der Waals surface area contributed by atoms with Crippen molar-refractivity contribution in [2.24, 2.45) is 0 Å². The fourth-order valence-corrected chi connectivity index (χ4v) is 2.31. The highest BCUT2D eigenvalue weighted by Crippen LogP contribution is 2.40. The number of methoxy groups -OCH3 is 1. The highest BCUT2D eigenvalue weighted by atomic mass is 35.5. The van der Waals surface area contributed by atoms with Gasteiger partial charge in [0.2, 0.25) is 5.88 Å². The first-order valence-electron chi connectivity index (χ1n) is 6.20. The average Bonchev–Trinajstić information content (AvgIpc) is 2.89. The molecule has 0 aliphatic rings. The first-order valence-corrected chi connectivity index (χ1v) is 6.58. The molecule has 3 rings (SSSR count). The van der Waals surface area contributed by atoms with Gasteiger partial charge in [0.15, 0.2) is 0 Å². The molecule has 6 heteroatoms. The monoisotopic (exact) mass is 301 g/mol. The van der Waals surface area contributed by atoms with Crippen LogP contribution in [0.2, 0.25) is 5.02 Å². The summed E-state index contributed by atoms with van der Waals surface area (Å²) in [6, 6.07) is 8.99. The highest BCUT2D eigenvalue weighted by Gasteiger charge is 2.20. The van der Waals surface area contributed by atoms with Crippen molar-refractivity contribution in [2.45, 2.75) is 0 Å². The molecular weight excluding hydrogens is 290 g/mol. The second kappa shape index (κ2) is 5.46. The van der Waals surface area contributed by atoms with Crippen LogP contribution in [0.15, 0.2) is 47.2 Å². The van der Waals surface area contributed by atoms with Gasteiger partial charge in [0, 0.05) is 23.0 Å². The molecule has 0 bridgehead atoms.